The molecule has 0 heterocycles. The van der Waals surface area contributed by atoms with Gasteiger partial charge in [-0.1, -0.05) is 0 Å². The van der Waals surface area contributed by atoms with E-state index in [1.807, 2.05) is 0 Å². The number of halogens is 18. The van der Waals surface area contributed by atoms with Crippen LogP contribution in [0.4, 0.5) is 79.0 Å². The topological polar surface area (TPSA) is 42.9 Å². The van der Waals surface area contributed by atoms with Gasteiger partial charge >= 0.3 is 37.1 Å². The molecule has 2 aromatic rings. The van der Waals surface area contributed by atoms with Gasteiger partial charge in [-0.25, -0.2) is 0 Å². The van der Waals surface area contributed by atoms with Gasteiger partial charge in [0.25, 0.3) is 0 Å². The van der Waals surface area contributed by atoms with Crippen molar-refractivity contribution in [1.82, 2.24) is 0 Å². The summed E-state index contributed by atoms with van der Waals surface area (Å²) < 4.78 is 247. The molecule has 0 atom stereocenters. The molecule has 0 bridgehead atoms. The summed E-state index contributed by atoms with van der Waals surface area (Å²) in [5.74, 6) is 0. The van der Waals surface area contributed by atoms with Crippen molar-refractivity contribution >= 4 is 24.3 Å². The lowest BCUT2D eigenvalue weighted by Crippen LogP contribution is -2.92. The zero-order valence-corrected chi connectivity index (χ0v) is 23.9. The fraction of sp³-hybridized carbons (Fsp3) is 0.480. The van der Waals surface area contributed by atoms with Crippen LogP contribution in [-0.4, -0.2) is 25.5 Å². The summed E-state index contributed by atoms with van der Waals surface area (Å²) in [6.07, 6.45) is -37.5. The van der Waals surface area contributed by atoms with Crippen LogP contribution in [0.15, 0.2) is 24.3 Å². The number of benzene rings is 2. The molecular formula is C25H22BF18NO2. The Hall–Kier alpha value is -3.33. The lowest BCUT2D eigenvalue weighted by atomic mass is 9.50. The van der Waals surface area contributed by atoms with Gasteiger partial charge in [-0.15, -0.1) is 10.9 Å². The van der Waals surface area contributed by atoms with E-state index in [9.17, 15) is 83.8 Å². The monoisotopic (exact) mass is 721 g/mol. The van der Waals surface area contributed by atoms with Crippen molar-refractivity contribution in [3.63, 3.8) is 0 Å². The third kappa shape index (κ3) is 11.1. The number of hydrogen-bond donors (Lipinski definition) is 1. The van der Waals surface area contributed by atoms with Crippen molar-refractivity contribution in [2.45, 2.75) is 76.8 Å². The van der Waals surface area contributed by atoms with E-state index in [1.165, 1.54) is 0 Å². The smallest absolute Gasteiger partial charge is 0.416 e. The van der Waals surface area contributed by atoms with Gasteiger partial charge in [0.2, 0.25) is 13.4 Å². The predicted molar refractivity (Wildman–Crippen MR) is 129 cm³/mol. The quantitative estimate of drug-likeness (QED) is 0.195. The first-order valence-corrected chi connectivity index (χ1v) is 12.7. The van der Waals surface area contributed by atoms with Gasteiger partial charge in [-0.3, -0.25) is 4.79 Å². The van der Waals surface area contributed by atoms with Gasteiger partial charge < -0.3 is 9.97 Å². The lowest BCUT2D eigenvalue weighted by molar-refractivity contribution is -0.709. The first kappa shape index (κ1) is 41.7. The number of carbonyl (C=O) groups excluding carboxylic acids is 1. The molecule has 0 aromatic heterocycles. The van der Waals surface area contributed by atoms with Crippen LogP contribution in [0.2, 0.25) is 0 Å². The average Bonchev–Trinajstić information content (AvgIpc) is 2.82. The molecule has 0 aliphatic carbocycles. The standard InChI is InChI=1S/C19H6BF18O2.C6H15N/c21-14(22,23)6-1-8(16(27,28)29)12(9(2-6)17(30,31)32)20(40-5-39)13-10(18(33,34)35)3-7(15(24,25)26)4-11(13)19(36,37)38;1-5(2)7-6(3)4/h1-5,20H;5-7H,1-4H3/q-1;/p+1. The number of quaternary nitrogens is 1. The normalized spacial score (nSPS) is 13.6. The Balaban J connectivity index is 0.00000141. The molecular weight excluding hydrogens is 699 g/mol. The number of nitrogens with two attached hydrogens (primary N) is 1. The fourth-order valence-corrected chi connectivity index (χ4v) is 4.56. The van der Waals surface area contributed by atoms with Crippen molar-refractivity contribution in [2.75, 3.05) is 0 Å². The Kier molecular flexibility index (Phi) is 12.4. The molecule has 2 aromatic carbocycles. The molecule has 0 amide bonds. The summed E-state index contributed by atoms with van der Waals surface area (Å²) in [7, 11) is 0. The number of hydrogen-bond acceptors (Lipinski definition) is 2. The molecule has 268 valence electrons. The third-order valence-electron chi connectivity index (χ3n) is 6.02. The van der Waals surface area contributed by atoms with E-state index in [4.69, 9.17) is 0 Å². The van der Waals surface area contributed by atoms with E-state index >= 15 is 0 Å². The largest absolute Gasteiger partial charge is 0.685 e. The van der Waals surface area contributed by atoms with E-state index in [0.29, 0.717) is 0 Å². The van der Waals surface area contributed by atoms with Gasteiger partial charge in [0, 0.05) is 22.3 Å². The predicted octanol–water partition coefficient (Wildman–Crippen LogP) is 7.18. The molecule has 47 heavy (non-hydrogen) atoms. The molecule has 0 aliphatic rings. The van der Waals surface area contributed by atoms with Crippen molar-refractivity contribution < 1.29 is 93.8 Å². The SMILES string of the molecule is CC(C)[NH2+]C(C)C.O=CO[BH-](c1c(C(F)(F)F)cc(C(F)(F)F)cc1C(F)(F)F)c1c(C(F)(F)F)cc(C(F)(F)F)cc1C(F)(F)F. The fourth-order valence-electron chi connectivity index (χ4n) is 4.56. The first-order chi connectivity index (χ1) is 20.7. The Labute approximate surface area is 253 Å². The maximum Gasteiger partial charge on any atom is 0.416 e. The van der Waals surface area contributed by atoms with Crippen LogP contribution < -0.4 is 16.2 Å². The zero-order valence-electron chi connectivity index (χ0n) is 23.9. The van der Waals surface area contributed by atoms with Gasteiger partial charge in [0.05, 0.1) is 23.2 Å². The number of alkyl halides is 18. The summed E-state index contributed by atoms with van der Waals surface area (Å²) in [6, 6.07) is -2.88. The molecule has 0 unspecified atom stereocenters. The van der Waals surface area contributed by atoms with Crippen LogP contribution in [0, 0.1) is 0 Å². The number of carbonyl (C=O) groups is 1. The van der Waals surface area contributed by atoms with Gasteiger partial charge in [-0.2, -0.15) is 79.0 Å². The molecule has 22 heteroatoms. The van der Waals surface area contributed by atoms with Crippen LogP contribution in [0.5, 0.6) is 0 Å². The van der Waals surface area contributed by atoms with Gasteiger partial charge in [0.15, 0.2) is 0 Å². The highest BCUT2D eigenvalue weighted by atomic mass is 19.4. The van der Waals surface area contributed by atoms with E-state index in [-0.39, 0.29) is 0 Å². The zero-order chi connectivity index (χ0) is 37.3. The highest BCUT2D eigenvalue weighted by molar-refractivity contribution is 6.82. The van der Waals surface area contributed by atoms with Crippen LogP contribution in [0.1, 0.15) is 61.1 Å². The van der Waals surface area contributed by atoms with Crippen molar-refractivity contribution in [3.8, 4) is 0 Å². The van der Waals surface area contributed by atoms with Crippen molar-refractivity contribution in [3.05, 3.63) is 57.6 Å². The molecule has 0 fully saturated rings. The van der Waals surface area contributed by atoms with Crippen LogP contribution in [0.3, 0.4) is 0 Å². The highest BCUT2D eigenvalue weighted by Gasteiger charge is 2.49. The molecule has 3 nitrogen and oxygen atoms in total. The van der Waals surface area contributed by atoms with Gasteiger partial charge in [0.1, 0.15) is 0 Å². The highest BCUT2D eigenvalue weighted by Crippen LogP contribution is 2.43. The molecule has 2 N–H and O–H groups in total. The summed E-state index contributed by atoms with van der Waals surface area (Å²) >= 11 is 0. The first-order valence-electron chi connectivity index (χ1n) is 12.7. The second-order valence-electron chi connectivity index (χ2n) is 10.5. The average molecular weight is 721 g/mol. The summed E-state index contributed by atoms with van der Waals surface area (Å²) in [5.41, 5.74) is -23.5. The molecule has 0 saturated carbocycles. The molecule has 0 spiro atoms. The van der Waals surface area contributed by atoms with Gasteiger partial charge in [-0.05, 0) is 52.0 Å². The summed E-state index contributed by atoms with van der Waals surface area (Å²) in [4.78, 5) is 11.0. The van der Waals surface area contributed by atoms with E-state index in [2.05, 4.69) is 37.7 Å². The minimum Gasteiger partial charge on any atom is -0.685 e. The maximum atomic E-state index is 13.7. The molecule has 0 saturated heterocycles. The van der Waals surface area contributed by atoms with Crippen molar-refractivity contribution in [1.29, 1.82) is 0 Å². The summed E-state index contributed by atoms with van der Waals surface area (Å²) in [6.45, 7) is 2.28. The maximum absolute atomic E-state index is 13.7. The lowest BCUT2D eigenvalue weighted by Gasteiger charge is -2.36. The minimum atomic E-state index is -6.38. The molecule has 0 aliphatic heterocycles. The van der Waals surface area contributed by atoms with E-state index in [0.717, 1.165) is 12.1 Å². The number of rotatable bonds is 6. The Morgan fingerprint density at radius 1 is 0.511 bits per heavy atom. The second-order valence-corrected chi connectivity index (χ2v) is 10.5. The Bertz CT molecular complexity index is 1210. The minimum absolute atomic E-state index is 0.750. The molecule has 0 radical (unpaired) electrons. The van der Waals surface area contributed by atoms with Crippen LogP contribution in [-0.2, 0) is 46.5 Å². The van der Waals surface area contributed by atoms with E-state index < -0.39 is 119 Å². The van der Waals surface area contributed by atoms with Crippen molar-refractivity contribution in [2.24, 2.45) is 0 Å². The Morgan fingerprint density at radius 2 is 0.745 bits per heavy atom. The summed E-state index contributed by atoms with van der Waals surface area (Å²) in [5, 5.41) is 2.33. The Morgan fingerprint density at radius 3 is 0.872 bits per heavy atom. The van der Waals surface area contributed by atoms with Crippen LogP contribution in [0.25, 0.3) is 0 Å². The van der Waals surface area contributed by atoms with Crippen LogP contribution >= 0.6 is 0 Å². The molecule has 2 rings (SSSR count). The third-order valence-corrected chi connectivity index (χ3v) is 6.02. The van der Waals surface area contributed by atoms with E-state index in [1.54, 1.807) is 0 Å². The second kappa shape index (κ2) is 14.0.